The predicted octanol–water partition coefficient (Wildman–Crippen LogP) is 3.23. The molecule has 2 aromatic carbocycles. The number of rotatable bonds is 3. The average molecular weight is 359 g/mol. The molecule has 0 spiro atoms. The van der Waals surface area contributed by atoms with Crippen LogP contribution in [0, 0.1) is 0 Å². The van der Waals surface area contributed by atoms with Crippen LogP contribution in [0.5, 0.6) is 0 Å². The molecule has 0 aliphatic heterocycles. The minimum absolute atomic E-state index is 0.0253. The molecule has 2 N–H and O–H groups in total. The predicted molar refractivity (Wildman–Crippen MR) is 84.1 cm³/mol. The van der Waals surface area contributed by atoms with E-state index in [1.807, 2.05) is 0 Å². The van der Waals surface area contributed by atoms with E-state index in [1.165, 1.54) is 36.4 Å². The molecule has 0 saturated carbocycles. The lowest BCUT2D eigenvalue weighted by Gasteiger charge is -2.08. The van der Waals surface area contributed by atoms with E-state index >= 15 is 0 Å². The Balaban J connectivity index is 1.98. The Labute approximate surface area is 134 Å². The van der Waals surface area contributed by atoms with E-state index in [9.17, 15) is 13.2 Å². The number of hydrogen-bond donors (Lipinski definition) is 2. The number of oxazole rings is 1. The van der Waals surface area contributed by atoms with Gasteiger partial charge < -0.3 is 4.42 Å². The van der Waals surface area contributed by atoms with E-state index in [1.54, 1.807) is 0 Å². The van der Waals surface area contributed by atoms with Crippen LogP contribution in [0.3, 0.4) is 0 Å². The number of sulfonamides is 1. The second-order valence-electron chi connectivity index (χ2n) is 4.41. The Morgan fingerprint density at radius 1 is 1.05 bits per heavy atom. The van der Waals surface area contributed by atoms with Crippen LogP contribution in [0.15, 0.2) is 50.5 Å². The Hall–Kier alpha value is -1.96. The molecule has 3 aromatic rings. The summed E-state index contributed by atoms with van der Waals surface area (Å²) >= 11 is 11.6. The number of halogens is 2. The summed E-state index contributed by atoms with van der Waals surface area (Å²) in [7, 11) is -3.83. The van der Waals surface area contributed by atoms with E-state index in [4.69, 9.17) is 27.6 Å². The lowest BCUT2D eigenvalue weighted by molar-refractivity contribution is 0.555. The van der Waals surface area contributed by atoms with Gasteiger partial charge in [-0.25, -0.2) is 13.2 Å². The van der Waals surface area contributed by atoms with Crippen LogP contribution in [-0.2, 0) is 10.0 Å². The topological polar surface area (TPSA) is 92.2 Å². The second-order valence-corrected chi connectivity index (χ2v) is 6.90. The Kier molecular flexibility index (Phi) is 3.64. The number of fused-ring (bicyclic) bond motifs is 1. The minimum Gasteiger partial charge on any atom is -0.408 e. The highest BCUT2D eigenvalue weighted by Crippen LogP contribution is 2.26. The van der Waals surface area contributed by atoms with Crippen molar-refractivity contribution < 1.29 is 12.8 Å². The molecule has 0 atom stereocenters. The molecule has 0 radical (unpaired) electrons. The molecule has 1 aromatic heterocycles. The maximum absolute atomic E-state index is 12.3. The Morgan fingerprint density at radius 3 is 2.55 bits per heavy atom. The summed E-state index contributed by atoms with van der Waals surface area (Å²) in [5.41, 5.74) is 0.998. The first-order valence-corrected chi connectivity index (χ1v) is 8.20. The third kappa shape index (κ3) is 2.83. The molecule has 0 aliphatic carbocycles. The molecule has 114 valence electrons. The molecule has 0 unspecified atom stereocenters. The van der Waals surface area contributed by atoms with Crippen molar-refractivity contribution in [2.45, 2.75) is 4.90 Å². The van der Waals surface area contributed by atoms with Crippen molar-refractivity contribution in [2.75, 3.05) is 4.72 Å². The number of H-pyrrole nitrogens is 1. The largest absolute Gasteiger partial charge is 0.417 e. The molecule has 0 amide bonds. The standard InChI is InChI=1S/C13H8Cl2N2O4S/c14-9-3-2-8(6-10(9)15)22(19,20)17-7-1-4-12-11(5-7)16-13(18)21-12/h1-6,17H,(H,16,18). The zero-order valence-corrected chi connectivity index (χ0v) is 13.1. The molecular weight excluding hydrogens is 351 g/mol. The van der Waals surface area contributed by atoms with Crippen molar-refractivity contribution in [3.63, 3.8) is 0 Å². The van der Waals surface area contributed by atoms with Gasteiger partial charge in [0.15, 0.2) is 5.58 Å². The van der Waals surface area contributed by atoms with Crippen LogP contribution in [0.2, 0.25) is 10.0 Å². The first-order valence-electron chi connectivity index (χ1n) is 5.96. The molecule has 6 nitrogen and oxygen atoms in total. The van der Waals surface area contributed by atoms with Crippen LogP contribution in [0.4, 0.5) is 5.69 Å². The van der Waals surface area contributed by atoms with Crippen LogP contribution < -0.4 is 10.5 Å². The highest BCUT2D eigenvalue weighted by Gasteiger charge is 2.16. The zero-order valence-electron chi connectivity index (χ0n) is 10.8. The molecule has 0 bridgehead atoms. The quantitative estimate of drug-likeness (QED) is 0.751. The zero-order chi connectivity index (χ0) is 15.9. The highest BCUT2D eigenvalue weighted by atomic mass is 35.5. The summed E-state index contributed by atoms with van der Waals surface area (Å²) < 4.78 is 31.8. The summed E-state index contributed by atoms with van der Waals surface area (Å²) in [6, 6.07) is 8.41. The van der Waals surface area contributed by atoms with Crippen LogP contribution in [0.25, 0.3) is 11.1 Å². The van der Waals surface area contributed by atoms with Gasteiger partial charge in [0.25, 0.3) is 10.0 Å². The fraction of sp³-hybridized carbons (Fsp3) is 0. The van der Waals surface area contributed by atoms with E-state index in [0.29, 0.717) is 11.1 Å². The van der Waals surface area contributed by atoms with Gasteiger partial charge in [-0.05, 0) is 36.4 Å². The first kappa shape index (κ1) is 15.0. The second kappa shape index (κ2) is 5.35. The van der Waals surface area contributed by atoms with Crippen molar-refractivity contribution in [3.8, 4) is 0 Å². The summed E-state index contributed by atoms with van der Waals surface area (Å²) in [6.07, 6.45) is 0. The molecular formula is C13H8Cl2N2O4S. The third-order valence-corrected chi connectivity index (χ3v) is 4.99. The van der Waals surface area contributed by atoms with Gasteiger partial charge in [0.2, 0.25) is 0 Å². The lowest BCUT2D eigenvalue weighted by Crippen LogP contribution is -2.12. The van der Waals surface area contributed by atoms with Crippen molar-refractivity contribution in [1.82, 2.24) is 4.98 Å². The number of nitrogens with one attached hydrogen (secondary N) is 2. The first-order chi connectivity index (χ1) is 10.3. The molecule has 0 aliphatic rings. The molecule has 3 rings (SSSR count). The Morgan fingerprint density at radius 2 is 1.82 bits per heavy atom. The van der Waals surface area contributed by atoms with E-state index in [-0.39, 0.29) is 20.6 Å². The van der Waals surface area contributed by atoms with Gasteiger partial charge in [-0.3, -0.25) is 9.71 Å². The molecule has 0 fully saturated rings. The van der Waals surface area contributed by atoms with Gasteiger partial charge in [0.1, 0.15) is 0 Å². The van der Waals surface area contributed by atoms with Crippen LogP contribution in [0.1, 0.15) is 0 Å². The van der Waals surface area contributed by atoms with Gasteiger partial charge in [-0.2, -0.15) is 0 Å². The van der Waals surface area contributed by atoms with Crippen LogP contribution >= 0.6 is 23.2 Å². The maximum Gasteiger partial charge on any atom is 0.417 e. The summed E-state index contributed by atoms with van der Waals surface area (Å²) in [5.74, 6) is -0.612. The van der Waals surface area contributed by atoms with E-state index < -0.39 is 15.8 Å². The van der Waals surface area contributed by atoms with Gasteiger partial charge in [-0.1, -0.05) is 23.2 Å². The van der Waals surface area contributed by atoms with Gasteiger partial charge in [0, 0.05) is 0 Å². The van der Waals surface area contributed by atoms with Gasteiger partial charge in [-0.15, -0.1) is 0 Å². The summed E-state index contributed by atoms with van der Waals surface area (Å²) in [4.78, 5) is 13.5. The third-order valence-electron chi connectivity index (χ3n) is 2.87. The molecule has 22 heavy (non-hydrogen) atoms. The van der Waals surface area contributed by atoms with Crippen molar-refractivity contribution in [1.29, 1.82) is 0 Å². The maximum atomic E-state index is 12.3. The van der Waals surface area contributed by atoms with Crippen molar-refractivity contribution in [3.05, 3.63) is 57.0 Å². The van der Waals surface area contributed by atoms with Gasteiger partial charge in [0.05, 0.1) is 26.1 Å². The molecule has 9 heteroatoms. The smallest absolute Gasteiger partial charge is 0.408 e. The van der Waals surface area contributed by atoms with Crippen molar-refractivity contribution in [2.24, 2.45) is 0 Å². The fourth-order valence-electron chi connectivity index (χ4n) is 1.87. The average Bonchev–Trinajstić information content (AvgIpc) is 2.80. The summed E-state index contributed by atoms with van der Waals surface area (Å²) in [5, 5.41) is 0.400. The SMILES string of the molecule is O=c1[nH]c2cc(NS(=O)(=O)c3ccc(Cl)c(Cl)c3)ccc2o1. The van der Waals surface area contributed by atoms with E-state index in [2.05, 4.69) is 9.71 Å². The minimum atomic E-state index is -3.83. The summed E-state index contributed by atoms with van der Waals surface area (Å²) in [6.45, 7) is 0. The Bertz CT molecular complexity index is 1020. The highest BCUT2D eigenvalue weighted by molar-refractivity contribution is 7.92. The number of hydrogen-bond acceptors (Lipinski definition) is 4. The molecule has 0 saturated heterocycles. The van der Waals surface area contributed by atoms with Crippen LogP contribution in [-0.4, -0.2) is 13.4 Å². The molecule has 1 heterocycles. The number of aromatic amines is 1. The number of aromatic nitrogens is 1. The normalized spacial score (nSPS) is 11.7. The fourth-order valence-corrected chi connectivity index (χ4v) is 3.31. The van der Waals surface area contributed by atoms with Gasteiger partial charge >= 0.3 is 5.76 Å². The lowest BCUT2D eigenvalue weighted by atomic mass is 10.3. The number of anilines is 1. The monoisotopic (exact) mass is 358 g/mol. The number of benzene rings is 2. The van der Waals surface area contributed by atoms with Crippen molar-refractivity contribution >= 4 is 50.0 Å². The van der Waals surface area contributed by atoms with E-state index in [0.717, 1.165) is 0 Å².